The molecule has 4 saturated carbocycles. The Bertz CT molecular complexity index is 516. The summed E-state index contributed by atoms with van der Waals surface area (Å²) in [6.07, 6.45) is 11.0. The summed E-state index contributed by atoms with van der Waals surface area (Å²) in [6.45, 7) is 2.43. The number of rotatable bonds is 3. The molecule has 1 amide bonds. The van der Waals surface area contributed by atoms with Gasteiger partial charge in [0.15, 0.2) is 0 Å². The van der Waals surface area contributed by atoms with Crippen LogP contribution in [-0.2, 0) is 11.3 Å². The van der Waals surface area contributed by atoms with Gasteiger partial charge in [-0.05, 0) is 63.2 Å². The Morgan fingerprint density at radius 2 is 1.76 bits per heavy atom. The van der Waals surface area contributed by atoms with Crippen LogP contribution in [0.5, 0.6) is 0 Å². The first-order chi connectivity index (χ1) is 10.1. The maximum Gasteiger partial charge on any atom is 0.226 e. The van der Waals surface area contributed by atoms with Crippen molar-refractivity contribution in [2.75, 3.05) is 0 Å². The topological polar surface area (TPSA) is 54.9 Å². The number of nitrogens with one attached hydrogen (secondary N) is 1. The van der Waals surface area contributed by atoms with E-state index in [9.17, 15) is 4.79 Å². The molecule has 0 radical (unpaired) electrons. The quantitative estimate of drug-likeness (QED) is 0.928. The fraction of sp³-hybridized carbons (Fsp3) is 0.706. The number of amides is 1. The van der Waals surface area contributed by atoms with Gasteiger partial charge in [-0.1, -0.05) is 0 Å². The second-order valence-corrected chi connectivity index (χ2v) is 7.53. The Hall–Kier alpha value is -1.45. The normalized spacial score (nSPS) is 36.7. The third-order valence-electron chi connectivity index (χ3n) is 5.78. The average Bonchev–Trinajstić information content (AvgIpc) is 2.45. The van der Waals surface area contributed by atoms with Gasteiger partial charge < -0.3 is 5.32 Å². The van der Waals surface area contributed by atoms with Crippen LogP contribution in [0, 0.1) is 30.1 Å². The first-order valence-electron chi connectivity index (χ1n) is 8.19. The van der Waals surface area contributed by atoms with Gasteiger partial charge in [0.05, 0.1) is 24.1 Å². The first-order valence-corrected chi connectivity index (χ1v) is 8.19. The molecule has 4 heteroatoms. The summed E-state index contributed by atoms with van der Waals surface area (Å²) in [4.78, 5) is 21.3. The Morgan fingerprint density at radius 3 is 2.29 bits per heavy atom. The zero-order valence-corrected chi connectivity index (χ0v) is 12.6. The van der Waals surface area contributed by atoms with E-state index in [0.29, 0.717) is 6.54 Å². The highest BCUT2D eigenvalue weighted by atomic mass is 16.2. The summed E-state index contributed by atoms with van der Waals surface area (Å²) in [5.41, 5.74) is 1.69. The predicted molar refractivity (Wildman–Crippen MR) is 79.2 cm³/mol. The van der Waals surface area contributed by atoms with Crippen molar-refractivity contribution in [1.82, 2.24) is 15.3 Å². The van der Waals surface area contributed by atoms with Gasteiger partial charge in [-0.15, -0.1) is 0 Å². The smallest absolute Gasteiger partial charge is 0.226 e. The van der Waals surface area contributed by atoms with Crippen LogP contribution in [0.4, 0.5) is 0 Å². The molecular weight excluding hydrogens is 262 g/mol. The SMILES string of the molecule is Cc1cnc(CNC(=O)C23CC4CC(CC(C4)C2)C3)cn1. The molecule has 0 aromatic carbocycles. The molecule has 1 N–H and O–H groups in total. The zero-order chi connectivity index (χ0) is 14.4. The highest BCUT2D eigenvalue weighted by Gasteiger charge is 2.54. The monoisotopic (exact) mass is 285 g/mol. The van der Waals surface area contributed by atoms with Crippen molar-refractivity contribution in [2.24, 2.45) is 23.2 Å². The van der Waals surface area contributed by atoms with E-state index >= 15 is 0 Å². The van der Waals surface area contributed by atoms with Crippen LogP contribution in [0.15, 0.2) is 12.4 Å². The van der Waals surface area contributed by atoms with Crippen LogP contribution in [-0.4, -0.2) is 15.9 Å². The molecule has 1 aromatic heterocycles. The molecule has 4 bridgehead atoms. The van der Waals surface area contributed by atoms with E-state index in [-0.39, 0.29) is 11.3 Å². The largest absolute Gasteiger partial charge is 0.350 e. The lowest BCUT2D eigenvalue weighted by atomic mass is 9.49. The van der Waals surface area contributed by atoms with Crippen molar-refractivity contribution >= 4 is 5.91 Å². The van der Waals surface area contributed by atoms with Crippen LogP contribution in [0.25, 0.3) is 0 Å². The van der Waals surface area contributed by atoms with Crippen LogP contribution >= 0.6 is 0 Å². The maximum atomic E-state index is 12.8. The highest BCUT2D eigenvalue weighted by molar-refractivity contribution is 5.83. The molecule has 0 aliphatic heterocycles. The summed E-state index contributed by atoms with van der Waals surface area (Å²) < 4.78 is 0. The minimum atomic E-state index is -0.0626. The predicted octanol–water partition coefficient (Wildman–Crippen LogP) is 2.62. The van der Waals surface area contributed by atoms with E-state index in [1.807, 2.05) is 6.92 Å². The maximum absolute atomic E-state index is 12.8. The van der Waals surface area contributed by atoms with Gasteiger partial charge in [0, 0.05) is 11.6 Å². The van der Waals surface area contributed by atoms with Crippen LogP contribution in [0.2, 0.25) is 0 Å². The molecule has 4 aliphatic carbocycles. The molecule has 0 spiro atoms. The van der Waals surface area contributed by atoms with Gasteiger partial charge in [0.1, 0.15) is 0 Å². The van der Waals surface area contributed by atoms with Gasteiger partial charge in [-0.2, -0.15) is 0 Å². The van der Waals surface area contributed by atoms with Crippen molar-refractivity contribution in [3.05, 3.63) is 23.8 Å². The summed E-state index contributed by atoms with van der Waals surface area (Å²) >= 11 is 0. The number of carbonyl (C=O) groups excluding carboxylic acids is 1. The molecule has 21 heavy (non-hydrogen) atoms. The number of nitrogens with zero attached hydrogens (tertiary/aromatic N) is 2. The Kier molecular flexibility index (Phi) is 3.02. The number of aryl methyl sites for hydroxylation is 1. The molecule has 1 aromatic rings. The van der Waals surface area contributed by atoms with Crippen molar-refractivity contribution in [1.29, 1.82) is 0 Å². The van der Waals surface area contributed by atoms with E-state index in [2.05, 4.69) is 15.3 Å². The Balaban J connectivity index is 1.44. The highest BCUT2D eigenvalue weighted by Crippen LogP contribution is 2.60. The standard InChI is InChI=1S/C17H23N3O/c1-11-8-19-15(9-18-11)10-20-16(21)17-5-12-2-13(6-17)4-14(3-12)7-17/h8-9,12-14H,2-7,10H2,1H3,(H,20,21). The summed E-state index contributed by atoms with van der Waals surface area (Å²) in [7, 11) is 0. The molecule has 1 heterocycles. The minimum absolute atomic E-state index is 0.0626. The Morgan fingerprint density at radius 1 is 1.14 bits per heavy atom. The molecule has 5 rings (SSSR count). The minimum Gasteiger partial charge on any atom is -0.350 e. The van der Waals surface area contributed by atoms with E-state index in [1.54, 1.807) is 12.4 Å². The first kappa shape index (κ1) is 13.2. The van der Waals surface area contributed by atoms with E-state index in [1.165, 1.54) is 19.3 Å². The number of hydrogen-bond acceptors (Lipinski definition) is 3. The van der Waals surface area contributed by atoms with Gasteiger partial charge in [0.2, 0.25) is 5.91 Å². The zero-order valence-electron chi connectivity index (χ0n) is 12.6. The van der Waals surface area contributed by atoms with Gasteiger partial charge in [-0.25, -0.2) is 0 Å². The van der Waals surface area contributed by atoms with Crippen molar-refractivity contribution < 1.29 is 4.79 Å². The molecule has 0 atom stereocenters. The summed E-state index contributed by atoms with van der Waals surface area (Å²) in [6, 6.07) is 0. The van der Waals surface area contributed by atoms with Crippen LogP contribution in [0.3, 0.4) is 0 Å². The lowest BCUT2D eigenvalue weighted by Crippen LogP contribution is -2.53. The van der Waals surface area contributed by atoms with Crippen molar-refractivity contribution in [3.8, 4) is 0 Å². The van der Waals surface area contributed by atoms with E-state index < -0.39 is 0 Å². The number of aromatic nitrogens is 2. The van der Waals surface area contributed by atoms with Crippen molar-refractivity contribution in [2.45, 2.75) is 52.0 Å². The van der Waals surface area contributed by atoms with Crippen LogP contribution < -0.4 is 5.32 Å². The van der Waals surface area contributed by atoms with Gasteiger partial charge in [-0.3, -0.25) is 14.8 Å². The average molecular weight is 285 g/mol. The van der Waals surface area contributed by atoms with E-state index in [0.717, 1.165) is 48.4 Å². The molecule has 4 fully saturated rings. The second kappa shape index (κ2) is 4.79. The molecule has 0 unspecified atom stereocenters. The number of hydrogen-bond donors (Lipinski definition) is 1. The molecule has 4 nitrogen and oxygen atoms in total. The van der Waals surface area contributed by atoms with Crippen LogP contribution in [0.1, 0.15) is 49.9 Å². The fourth-order valence-corrected chi connectivity index (χ4v) is 5.26. The summed E-state index contributed by atoms with van der Waals surface area (Å²) in [5, 5.41) is 3.13. The molecule has 112 valence electrons. The molecular formula is C17H23N3O. The summed E-state index contributed by atoms with van der Waals surface area (Å²) in [5.74, 6) is 2.69. The fourth-order valence-electron chi connectivity index (χ4n) is 5.26. The molecule has 0 saturated heterocycles. The van der Waals surface area contributed by atoms with Gasteiger partial charge >= 0.3 is 0 Å². The van der Waals surface area contributed by atoms with Gasteiger partial charge in [0.25, 0.3) is 0 Å². The lowest BCUT2D eigenvalue weighted by Gasteiger charge is -2.55. The lowest BCUT2D eigenvalue weighted by molar-refractivity contribution is -0.146. The Labute approximate surface area is 125 Å². The third kappa shape index (κ3) is 2.34. The second-order valence-electron chi connectivity index (χ2n) is 7.53. The van der Waals surface area contributed by atoms with E-state index in [4.69, 9.17) is 0 Å². The number of carbonyl (C=O) groups is 1. The van der Waals surface area contributed by atoms with Crippen molar-refractivity contribution in [3.63, 3.8) is 0 Å². The third-order valence-corrected chi connectivity index (χ3v) is 5.78. The molecule has 4 aliphatic rings.